The Morgan fingerprint density at radius 1 is 0.545 bits per heavy atom. The Balaban J connectivity index is 1.28. The first-order valence-electron chi connectivity index (χ1n) is 12.4. The van der Waals surface area contributed by atoms with Gasteiger partial charge in [0.2, 0.25) is 0 Å². The van der Waals surface area contributed by atoms with Crippen LogP contribution in [-0.2, 0) is 11.4 Å². The first-order valence-corrected chi connectivity index (χ1v) is 17.1. The molecule has 222 valence electrons. The molecule has 7 rings (SSSR count). The highest BCUT2D eigenvalue weighted by Gasteiger charge is 2.31. The molecule has 0 radical (unpaired) electrons. The van der Waals surface area contributed by atoms with Crippen molar-refractivity contribution in [3.63, 3.8) is 0 Å². The molecule has 0 atom stereocenters. The highest BCUT2D eigenvalue weighted by molar-refractivity contribution is 8.00. The standard InChI is InChI=1S/C28H12F6N4S6/c29-27(30,31)41-15-5-1-3-13(11-15)17-7-9-19(39-17)21-23-25(37-43-35-23)22(26-24(21)36-44-38-26)20-10-8-18(40-20)14-4-2-6-16(12-14)42-28(32,33)34/h1-12H. The van der Waals surface area contributed by atoms with E-state index in [9.17, 15) is 26.3 Å². The van der Waals surface area contributed by atoms with Crippen molar-refractivity contribution < 1.29 is 26.3 Å². The molecule has 0 N–H and O–H groups in total. The molecule has 0 saturated heterocycles. The number of benzene rings is 3. The summed E-state index contributed by atoms with van der Waals surface area (Å²) in [5.41, 5.74) is -3.46. The zero-order valence-corrected chi connectivity index (χ0v) is 26.3. The van der Waals surface area contributed by atoms with Crippen molar-refractivity contribution in [1.82, 2.24) is 8.75 Å². The smallest absolute Gasteiger partial charge is 0.172 e. The van der Waals surface area contributed by atoms with Crippen molar-refractivity contribution >= 4 is 91.7 Å². The SMILES string of the molecule is FC(F)(F)Sc1cccc(-c2ccc(-c3c4c(c(-c5ccc(-c6cccc(SC(F)(F)F)c6)s5)c5nsnc35)N=S=N4)s2)c1. The summed E-state index contributed by atoms with van der Waals surface area (Å²) < 4.78 is 96.1. The molecular weight excluding hydrogens is 699 g/mol. The van der Waals surface area contributed by atoms with Gasteiger partial charge in [0, 0.05) is 40.4 Å². The lowest BCUT2D eigenvalue weighted by atomic mass is 10.0. The molecule has 44 heavy (non-hydrogen) atoms. The molecule has 0 unspecified atom stereocenters. The Hall–Kier alpha value is -3.02. The summed E-state index contributed by atoms with van der Waals surface area (Å²) in [6, 6.07) is 20.1. The lowest BCUT2D eigenvalue weighted by Crippen LogP contribution is -1.98. The quantitative estimate of drug-likeness (QED) is 0.127. The molecule has 0 saturated carbocycles. The van der Waals surface area contributed by atoms with Crippen molar-refractivity contribution in [3.8, 4) is 41.8 Å². The van der Waals surface area contributed by atoms with E-state index in [0.717, 1.165) is 53.7 Å². The van der Waals surface area contributed by atoms with Gasteiger partial charge < -0.3 is 0 Å². The normalized spacial score (nSPS) is 13.0. The Morgan fingerprint density at radius 3 is 1.41 bits per heavy atom. The van der Waals surface area contributed by atoms with E-state index in [2.05, 4.69) is 17.5 Å². The highest BCUT2D eigenvalue weighted by Crippen LogP contribution is 2.55. The van der Waals surface area contributed by atoms with Gasteiger partial charge in [-0.3, -0.25) is 0 Å². The number of fused-ring (bicyclic) bond motifs is 2. The maximum absolute atomic E-state index is 13.0. The van der Waals surface area contributed by atoms with E-state index in [1.165, 1.54) is 46.9 Å². The number of hydrogen-bond acceptors (Lipinski definition) is 9. The molecule has 0 bridgehead atoms. The van der Waals surface area contributed by atoms with Crippen LogP contribution in [0.2, 0.25) is 0 Å². The summed E-state index contributed by atoms with van der Waals surface area (Å²) in [6.45, 7) is 0. The van der Waals surface area contributed by atoms with Crippen LogP contribution in [-0.4, -0.2) is 19.8 Å². The monoisotopic (exact) mass is 710 g/mol. The number of halogens is 6. The lowest BCUT2D eigenvalue weighted by molar-refractivity contribution is -0.0337. The lowest BCUT2D eigenvalue weighted by Gasteiger charge is -2.10. The van der Waals surface area contributed by atoms with Crippen LogP contribution in [0.5, 0.6) is 0 Å². The van der Waals surface area contributed by atoms with Gasteiger partial charge >= 0.3 is 11.0 Å². The van der Waals surface area contributed by atoms with Gasteiger partial charge in [-0.1, -0.05) is 24.3 Å². The van der Waals surface area contributed by atoms with Gasteiger partial charge in [0.25, 0.3) is 0 Å². The number of rotatable bonds is 6. The summed E-state index contributed by atoms with van der Waals surface area (Å²) in [7, 11) is 0. The third-order valence-electron chi connectivity index (χ3n) is 6.33. The van der Waals surface area contributed by atoms with Crippen molar-refractivity contribution in [2.45, 2.75) is 20.8 Å². The fourth-order valence-electron chi connectivity index (χ4n) is 4.67. The summed E-state index contributed by atoms with van der Waals surface area (Å²) in [5.74, 6) is 0. The highest BCUT2D eigenvalue weighted by atomic mass is 32.2. The van der Waals surface area contributed by atoms with Crippen LogP contribution in [0.25, 0.3) is 52.8 Å². The largest absolute Gasteiger partial charge is 0.446 e. The van der Waals surface area contributed by atoms with Gasteiger partial charge in [0.05, 0.1) is 23.1 Å². The maximum atomic E-state index is 13.0. The minimum Gasteiger partial charge on any atom is -0.172 e. The molecule has 0 aliphatic carbocycles. The van der Waals surface area contributed by atoms with Crippen LogP contribution in [0.4, 0.5) is 37.7 Å². The number of nitrogens with zero attached hydrogens (tertiary/aromatic N) is 4. The zero-order chi connectivity index (χ0) is 30.6. The number of alkyl halides is 6. The number of hydrogen-bond donors (Lipinski definition) is 0. The van der Waals surface area contributed by atoms with Crippen LogP contribution in [0.3, 0.4) is 0 Å². The van der Waals surface area contributed by atoms with E-state index in [1.54, 1.807) is 24.3 Å². The Bertz CT molecular complexity index is 1980. The van der Waals surface area contributed by atoms with Gasteiger partial charge in [-0.2, -0.15) is 43.8 Å². The van der Waals surface area contributed by atoms with Crippen molar-refractivity contribution in [2.24, 2.45) is 8.73 Å². The molecule has 0 amide bonds. The van der Waals surface area contributed by atoms with E-state index in [1.807, 2.05) is 24.3 Å². The zero-order valence-electron chi connectivity index (χ0n) is 21.4. The van der Waals surface area contributed by atoms with E-state index >= 15 is 0 Å². The molecule has 1 aliphatic heterocycles. The fraction of sp³-hybridized carbons (Fsp3) is 0.0714. The summed E-state index contributed by atoms with van der Waals surface area (Å²) >= 11 is 4.61. The second-order valence-corrected chi connectivity index (χ2v) is 14.7. The number of thiophene rings is 2. The number of aromatic nitrogens is 2. The summed E-state index contributed by atoms with van der Waals surface area (Å²) in [6.07, 6.45) is 0. The van der Waals surface area contributed by atoms with Gasteiger partial charge in [0.1, 0.15) is 22.4 Å². The fourth-order valence-corrected chi connectivity index (χ4v) is 9.09. The van der Waals surface area contributed by atoms with Gasteiger partial charge in [-0.15, -0.1) is 22.7 Å². The van der Waals surface area contributed by atoms with Crippen molar-refractivity contribution in [3.05, 3.63) is 72.8 Å². The molecule has 6 aromatic rings. The molecule has 16 heteroatoms. The average Bonchev–Trinajstić information content (AvgIpc) is 3.77. The van der Waals surface area contributed by atoms with E-state index in [4.69, 9.17) is 0 Å². The van der Waals surface area contributed by atoms with Crippen LogP contribution in [0.1, 0.15) is 0 Å². The molecule has 0 spiro atoms. The number of thioether (sulfide) groups is 2. The van der Waals surface area contributed by atoms with Crippen LogP contribution < -0.4 is 0 Å². The second-order valence-electron chi connectivity index (χ2n) is 9.15. The predicted molar refractivity (Wildman–Crippen MR) is 170 cm³/mol. The predicted octanol–water partition coefficient (Wildman–Crippen LogP) is 12.4. The minimum absolute atomic E-state index is 0.104. The minimum atomic E-state index is -4.38. The Kier molecular flexibility index (Phi) is 7.69. The molecule has 4 heterocycles. The molecule has 0 fully saturated rings. The molecule has 3 aromatic carbocycles. The maximum Gasteiger partial charge on any atom is 0.446 e. The summed E-state index contributed by atoms with van der Waals surface area (Å²) in [4.78, 5) is 3.43. The molecular formula is C28H12F6N4S6. The first-order chi connectivity index (χ1) is 21.0. The van der Waals surface area contributed by atoms with E-state index in [-0.39, 0.29) is 33.3 Å². The average molecular weight is 711 g/mol. The Labute approximate surface area is 269 Å². The third-order valence-corrected chi connectivity index (χ3v) is 11.1. The second kappa shape index (κ2) is 11.4. The molecule has 4 nitrogen and oxygen atoms in total. The molecule has 1 aliphatic rings. The van der Waals surface area contributed by atoms with Crippen LogP contribution in [0.15, 0.2) is 91.3 Å². The van der Waals surface area contributed by atoms with Gasteiger partial charge in [0.15, 0.2) is 0 Å². The van der Waals surface area contributed by atoms with Gasteiger partial charge in [-0.05, 0) is 83.2 Å². The van der Waals surface area contributed by atoms with E-state index < -0.39 is 11.0 Å². The van der Waals surface area contributed by atoms with Crippen LogP contribution >= 0.6 is 57.9 Å². The summed E-state index contributed by atoms with van der Waals surface area (Å²) in [5, 5.41) is 0. The van der Waals surface area contributed by atoms with E-state index in [0.29, 0.717) is 33.5 Å². The Morgan fingerprint density at radius 2 is 0.977 bits per heavy atom. The van der Waals surface area contributed by atoms with Crippen molar-refractivity contribution in [2.75, 3.05) is 0 Å². The molecule has 3 aromatic heterocycles. The topological polar surface area (TPSA) is 50.5 Å². The van der Waals surface area contributed by atoms with Crippen molar-refractivity contribution in [1.29, 1.82) is 0 Å². The first kappa shape index (κ1) is 29.7. The van der Waals surface area contributed by atoms with Crippen LogP contribution in [0, 0.1) is 0 Å². The third kappa shape index (κ3) is 5.98. The van der Waals surface area contributed by atoms with Gasteiger partial charge in [-0.25, -0.2) is 0 Å².